The van der Waals surface area contributed by atoms with Crippen LogP contribution in [0, 0.1) is 0 Å². The first kappa shape index (κ1) is 14.2. The van der Waals surface area contributed by atoms with Gasteiger partial charge in [0, 0.05) is 32.5 Å². The van der Waals surface area contributed by atoms with E-state index in [9.17, 15) is 5.11 Å². The molecule has 1 heterocycles. The lowest BCUT2D eigenvalue weighted by atomic mass is 9.88. The van der Waals surface area contributed by atoms with E-state index >= 15 is 0 Å². The van der Waals surface area contributed by atoms with E-state index in [4.69, 9.17) is 4.74 Å². The molecule has 1 unspecified atom stereocenters. The predicted octanol–water partition coefficient (Wildman–Crippen LogP) is 2.01. The van der Waals surface area contributed by atoms with Gasteiger partial charge >= 0.3 is 0 Å². The van der Waals surface area contributed by atoms with Crippen LogP contribution in [0.2, 0.25) is 0 Å². The number of methoxy groups -OCH3 is 1. The Bertz CT molecular complexity index is 324. The van der Waals surface area contributed by atoms with Gasteiger partial charge in [0.1, 0.15) is 5.82 Å². The van der Waals surface area contributed by atoms with Crippen molar-refractivity contribution in [3.05, 3.63) is 18.2 Å². The average Bonchev–Trinajstić information content (AvgIpc) is 2.79. The fraction of sp³-hybridized carbons (Fsp3) is 0.769. The summed E-state index contributed by atoms with van der Waals surface area (Å²) in [5, 5.41) is 10.4. The van der Waals surface area contributed by atoms with Crippen molar-refractivity contribution < 1.29 is 9.84 Å². The highest BCUT2D eigenvalue weighted by molar-refractivity contribution is 4.98. The molecule has 0 amide bonds. The topological polar surface area (TPSA) is 47.3 Å². The first-order valence-corrected chi connectivity index (χ1v) is 6.36. The number of ether oxygens (including phenoxy) is 1. The molecule has 0 aliphatic rings. The maximum Gasteiger partial charge on any atom is 0.111 e. The van der Waals surface area contributed by atoms with Crippen LogP contribution in [0.15, 0.2) is 12.4 Å². The summed E-state index contributed by atoms with van der Waals surface area (Å²) < 4.78 is 7.58. The summed E-state index contributed by atoms with van der Waals surface area (Å²) in [6, 6.07) is 0. The van der Waals surface area contributed by atoms with Crippen molar-refractivity contribution in [2.45, 2.75) is 58.3 Å². The van der Waals surface area contributed by atoms with E-state index in [2.05, 4.69) is 16.5 Å². The van der Waals surface area contributed by atoms with Gasteiger partial charge in [0.25, 0.3) is 0 Å². The number of aliphatic hydroxyl groups excluding tert-OH is 1. The van der Waals surface area contributed by atoms with Gasteiger partial charge < -0.3 is 14.4 Å². The lowest BCUT2D eigenvalue weighted by Gasteiger charge is -2.35. The molecule has 0 spiro atoms. The fourth-order valence-electron chi connectivity index (χ4n) is 2.32. The number of aliphatic hydroxyl groups is 1. The van der Waals surface area contributed by atoms with E-state index in [1.54, 1.807) is 13.3 Å². The largest absolute Gasteiger partial charge is 0.390 e. The number of rotatable bonds is 7. The number of hydrogen-bond donors (Lipinski definition) is 1. The summed E-state index contributed by atoms with van der Waals surface area (Å²) >= 11 is 0. The summed E-state index contributed by atoms with van der Waals surface area (Å²) in [6.45, 7) is 7.03. The van der Waals surface area contributed by atoms with Gasteiger partial charge in [-0.05, 0) is 19.8 Å². The van der Waals surface area contributed by atoms with Crippen LogP contribution in [-0.2, 0) is 17.7 Å². The fourth-order valence-corrected chi connectivity index (χ4v) is 2.32. The third-order valence-electron chi connectivity index (χ3n) is 3.73. The minimum Gasteiger partial charge on any atom is -0.390 e. The SMILES string of the molecule is CCn1ccnc1CC(O)C(CC)(CC)OC. The molecule has 0 saturated carbocycles. The van der Waals surface area contributed by atoms with Crippen LogP contribution in [0.1, 0.15) is 39.4 Å². The molecule has 0 fully saturated rings. The minimum absolute atomic E-state index is 0.454. The zero-order chi connectivity index (χ0) is 12.9. The highest BCUT2D eigenvalue weighted by Crippen LogP contribution is 2.26. The monoisotopic (exact) mass is 240 g/mol. The Balaban J connectivity index is 2.80. The Labute approximate surface area is 104 Å². The van der Waals surface area contributed by atoms with Gasteiger partial charge in [-0.1, -0.05) is 13.8 Å². The van der Waals surface area contributed by atoms with Crippen molar-refractivity contribution in [2.24, 2.45) is 0 Å². The highest BCUT2D eigenvalue weighted by Gasteiger charge is 2.35. The van der Waals surface area contributed by atoms with Crippen LogP contribution in [0.3, 0.4) is 0 Å². The average molecular weight is 240 g/mol. The first-order chi connectivity index (χ1) is 8.13. The zero-order valence-corrected chi connectivity index (χ0v) is 11.3. The Morgan fingerprint density at radius 2 is 2.06 bits per heavy atom. The van der Waals surface area contributed by atoms with E-state index in [-0.39, 0.29) is 0 Å². The number of aryl methyl sites for hydroxylation is 1. The third-order valence-corrected chi connectivity index (χ3v) is 3.73. The second-order valence-electron chi connectivity index (χ2n) is 4.33. The van der Waals surface area contributed by atoms with Crippen molar-refractivity contribution in [3.63, 3.8) is 0 Å². The van der Waals surface area contributed by atoms with Crippen molar-refractivity contribution in [2.75, 3.05) is 7.11 Å². The van der Waals surface area contributed by atoms with E-state index in [0.29, 0.717) is 6.42 Å². The minimum atomic E-state index is -0.518. The molecule has 4 heteroatoms. The lowest BCUT2D eigenvalue weighted by molar-refractivity contribution is -0.107. The number of hydrogen-bond acceptors (Lipinski definition) is 3. The normalized spacial score (nSPS) is 13.9. The van der Waals surface area contributed by atoms with Crippen LogP contribution < -0.4 is 0 Å². The van der Waals surface area contributed by atoms with E-state index < -0.39 is 11.7 Å². The molecule has 1 atom stereocenters. The number of aromatic nitrogens is 2. The summed E-state index contributed by atoms with van der Waals surface area (Å²) in [6.07, 6.45) is 5.33. The van der Waals surface area contributed by atoms with Crippen molar-refractivity contribution in [1.82, 2.24) is 9.55 Å². The van der Waals surface area contributed by atoms with E-state index in [1.807, 2.05) is 20.0 Å². The molecule has 17 heavy (non-hydrogen) atoms. The predicted molar refractivity (Wildman–Crippen MR) is 67.9 cm³/mol. The lowest BCUT2D eigenvalue weighted by Crippen LogP contribution is -2.44. The Kier molecular flexibility index (Phi) is 5.15. The van der Waals surface area contributed by atoms with Gasteiger partial charge in [-0.15, -0.1) is 0 Å². The van der Waals surface area contributed by atoms with Gasteiger partial charge in [0.2, 0.25) is 0 Å². The van der Waals surface area contributed by atoms with Crippen LogP contribution in [0.5, 0.6) is 0 Å². The van der Waals surface area contributed by atoms with Gasteiger partial charge in [0.15, 0.2) is 0 Å². The molecular weight excluding hydrogens is 216 g/mol. The number of nitrogens with zero attached hydrogens (tertiary/aromatic N) is 2. The standard InChI is InChI=1S/C13H24N2O2/c1-5-13(6-2,17-4)11(16)10-12-14-8-9-15(12)7-3/h8-9,11,16H,5-7,10H2,1-4H3. The van der Waals surface area contributed by atoms with Crippen LogP contribution in [0.4, 0.5) is 0 Å². The quantitative estimate of drug-likeness (QED) is 0.793. The molecule has 0 aromatic carbocycles. The molecule has 1 aromatic rings. The molecule has 0 aliphatic heterocycles. The number of imidazole rings is 1. The Morgan fingerprint density at radius 1 is 1.41 bits per heavy atom. The van der Waals surface area contributed by atoms with Gasteiger partial charge in [-0.3, -0.25) is 0 Å². The van der Waals surface area contributed by atoms with Crippen LogP contribution in [-0.4, -0.2) is 33.5 Å². The Hall–Kier alpha value is -0.870. The summed E-state index contributed by atoms with van der Waals surface area (Å²) in [5.74, 6) is 0.920. The molecule has 0 aliphatic carbocycles. The molecule has 0 saturated heterocycles. The molecule has 1 N–H and O–H groups in total. The molecule has 98 valence electrons. The molecule has 1 rings (SSSR count). The zero-order valence-electron chi connectivity index (χ0n) is 11.3. The van der Waals surface area contributed by atoms with E-state index in [1.165, 1.54) is 0 Å². The molecule has 1 aromatic heterocycles. The summed E-state index contributed by atoms with van der Waals surface area (Å²) in [7, 11) is 1.67. The third kappa shape index (κ3) is 2.87. The van der Waals surface area contributed by atoms with Gasteiger partial charge in [-0.2, -0.15) is 0 Å². The molecule has 0 bridgehead atoms. The maximum atomic E-state index is 10.4. The highest BCUT2D eigenvalue weighted by atomic mass is 16.5. The van der Waals surface area contributed by atoms with Crippen molar-refractivity contribution in [1.29, 1.82) is 0 Å². The maximum absolute atomic E-state index is 10.4. The molecule has 0 radical (unpaired) electrons. The summed E-state index contributed by atoms with van der Waals surface area (Å²) in [5.41, 5.74) is -0.454. The smallest absolute Gasteiger partial charge is 0.111 e. The van der Waals surface area contributed by atoms with Gasteiger partial charge in [-0.25, -0.2) is 4.98 Å². The molecule has 4 nitrogen and oxygen atoms in total. The van der Waals surface area contributed by atoms with Gasteiger partial charge in [0.05, 0.1) is 11.7 Å². The van der Waals surface area contributed by atoms with Crippen molar-refractivity contribution in [3.8, 4) is 0 Å². The second-order valence-corrected chi connectivity index (χ2v) is 4.33. The Morgan fingerprint density at radius 3 is 2.53 bits per heavy atom. The van der Waals surface area contributed by atoms with Crippen molar-refractivity contribution >= 4 is 0 Å². The van der Waals surface area contributed by atoms with Crippen LogP contribution >= 0.6 is 0 Å². The first-order valence-electron chi connectivity index (χ1n) is 6.36. The summed E-state index contributed by atoms with van der Waals surface area (Å²) in [4.78, 5) is 4.29. The van der Waals surface area contributed by atoms with E-state index in [0.717, 1.165) is 25.2 Å². The van der Waals surface area contributed by atoms with Crippen LogP contribution in [0.25, 0.3) is 0 Å². The molecular formula is C13H24N2O2. The second kappa shape index (κ2) is 6.17.